The number of nitrogens with zero attached hydrogens (tertiary/aromatic N) is 4. The first-order valence-corrected chi connectivity index (χ1v) is 10.0. The number of nitrogens with two attached hydrogens (primary N) is 1. The van der Waals surface area contributed by atoms with Crippen molar-refractivity contribution in [2.24, 2.45) is 5.10 Å². The molecule has 1 heterocycles. The number of anilines is 1. The van der Waals surface area contributed by atoms with Crippen LogP contribution in [0.15, 0.2) is 52.7 Å². The van der Waals surface area contributed by atoms with Crippen LogP contribution in [0, 0.1) is 0 Å². The van der Waals surface area contributed by atoms with Crippen molar-refractivity contribution in [3.8, 4) is 11.5 Å². The zero-order valence-electron chi connectivity index (χ0n) is 16.2. The molecular formula is C19H19ClN6O3S. The number of rotatable bonds is 9. The second kappa shape index (κ2) is 9.99. The number of thioether (sulfide) groups is 1. The Hall–Kier alpha value is -3.24. The van der Waals surface area contributed by atoms with Crippen molar-refractivity contribution in [3.63, 3.8) is 0 Å². The van der Waals surface area contributed by atoms with Crippen molar-refractivity contribution in [2.75, 3.05) is 31.2 Å². The normalized spacial score (nSPS) is 10.9. The average Bonchev–Trinajstić information content (AvgIpc) is 3.12. The lowest BCUT2D eigenvalue weighted by molar-refractivity contribution is 0.102. The number of ketones is 1. The highest BCUT2D eigenvalue weighted by Crippen LogP contribution is 2.28. The molecule has 9 nitrogen and oxygen atoms in total. The highest BCUT2D eigenvalue weighted by Gasteiger charge is 2.15. The van der Waals surface area contributed by atoms with Crippen LogP contribution in [0.2, 0.25) is 5.02 Å². The topological polar surface area (TPSA) is 117 Å². The highest BCUT2D eigenvalue weighted by atomic mass is 35.5. The Balaban J connectivity index is 1.61. The van der Waals surface area contributed by atoms with Gasteiger partial charge in [0.15, 0.2) is 17.3 Å². The molecule has 156 valence electrons. The lowest BCUT2D eigenvalue weighted by Gasteiger charge is -2.09. The van der Waals surface area contributed by atoms with E-state index in [4.69, 9.17) is 26.9 Å². The minimum Gasteiger partial charge on any atom is -0.493 e. The number of aromatic nitrogens is 3. The van der Waals surface area contributed by atoms with Crippen LogP contribution in [0.3, 0.4) is 0 Å². The van der Waals surface area contributed by atoms with Gasteiger partial charge in [-0.25, -0.2) is 10.1 Å². The van der Waals surface area contributed by atoms with Gasteiger partial charge in [-0.1, -0.05) is 41.6 Å². The summed E-state index contributed by atoms with van der Waals surface area (Å²) in [6.07, 6.45) is 1.55. The number of carbonyl (C=O) groups is 1. The number of ether oxygens (including phenoxy) is 2. The van der Waals surface area contributed by atoms with E-state index in [1.807, 2.05) is 18.2 Å². The zero-order valence-corrected chi connectivity index (χ0v) is 17.8. The number of benzene rings is 2. The van der Waals surface area contributed by atoms with Gasteiger partial charge in [0.2, 0.25) is 5.16 Å². The number of hydrazone groups is 1. The Morgan fingerprint density at radius 2 is 2.00 bits per heavy atom. The molecule has 0 fully saturated rings. The van der Waals surface area contributed by atoms with E-state index in [1.54, 1.807) is 30.5 Å². The van der Waals surface area contributed by atoms with Gasteiger partial charge in [0.25, 0.3) is 5.95 Å². The molecule has 0 spiro atoms. The van der Waals surface area contributed by atoms with E-state index < -0.39 is 0 Å². The summed E-state index contributed by atoms with van der Waals surface area (Å²) in [6, 6.07) is 12.2. The quantitative estimate of drug-likeness (QED) is 0.169. The Labute approximate surface area is 182 Å². The van der Waals surface area contributed by atoms with Gasteiger partial charge in [-0.15, -0.1) is 10.2 Å². The number of halogens is 1. The standard InChI is InChI=1S/C19H19ClN6O3S/c1-28-16-8-7-12(9-17(16)29-2)15(27)11-30-19-25-24-18(26(19)21)23-22-10-13-5-3-4-6-14(13)20/h3-10H,11,21H2,1-2H3,(H,23,24)/b22-10+. The lowest BCUT2D eigenvalue weighted by Crippen LogP contribution is -2.14. The van der Waals surface area contributed by atoms with Gasteiger partial charge >= 0.3 is 0 Å². The molecule has 0 saturated heterocycles. The predicted molar refractivity (Wildman–Crippen MR) is 117 cm³/mol. The lowest BCUT2D eigenvalue weighted by atomic mass is 10.1. The summed E-state index contributed by atoms with van der Waals surface area (Å²) < 4.78 is 11.6. The second-order valence-corrected chi connectivity index (χ2v) is 7.20. The van der Waals surface area contributed by atoms with E-state index >= 15 is 0 Å². The molecule has 0 aliphatic heterocycles. The third kappa shape index (κ3) is 5.02. The molecule has 0 radical (unpaired) electrons. The SMILES string of the molecule is COc1ccc(C(=O)CSc2nnc(N/N=C/c3ccccc3Cl)n2N)cc1OC. The van der Waals surface area contributed by atoms with Crippen LogP contribution in [0.5, 0.6) is 11.5 Å². The van der Waals surface area contributed by atoms with E-state index in [1.165, 1.54) is 18.9 Å². The van der Waals surface area contributed by atoms with E-state index in [0.717, 1.165) is 17.3 Å². The molecule has 0 saturated carbocycles. The number of nitrogens with one attached hydrogen (secondary N) is 1. The average molecular weight is 447 g/mol. The minimum absolute atomic E-state index is 0.116. The van der Waals surface area contributed by atoms with Gasteiger partial charge < -0.3 is 15.3 Å². The van der Waals surface area contributed by atoms with Crippen LogP contribution < -0.4 is 20.7 Å². The first-order valence-electron chi connectivity index (χ1n) is 8.65. The Morgan fingerprint density at radius 1 is 1.23 bits per heavy atom. The Bertz CT molecular complexity index is 1070. The van der Waals surface area contributed by atoms with E-state index in [2.05, 4.69) is 20.7 Å². The van der Waals surface area contributed by atoms with Crippen molar-refractivity contribution in [3.05, 3.63) is 58.6 Å². The van der Waals surface area contributed by atoms with Gasteiger partial charge in [-0.05, 0) is 24.3 Å². The van der Waals surface area contributed by atoms with Gasteiger partial charge in [-0.3, -0.25) is 4.79 Å². The summed E-state index contributed by atoms with van der Waals surface area (Å²) in [5.74, 6) is 7.24. The first kappa shape index (κ1) is 21.5. The van der Waals surface area contributed by atoms with Crippen molar-refractivity contribution >= 4 is 41.3 Å². The molecule has 0 amide bonds. The number of hydrogen-bond donors (Lipinski definition) is 2. The van der Waals surface area contributed by atoms with Crippen molar-refractivity contribution in [1.82, 2.24) is 14.9 Å². The maximum absolute atomic E-state index is 12.5. The Kier molecular flexibility index (Phi) is 7.15. The van der Waals surface area contributed by atoms with Crippen LogP contribution in [-0.2, 0) is 0 Å². The van der Waals surface area contributed by atoms with Gasteiger partial charge in [0.1, 0.15) is 0 Å². The summed E-state index contributed by atoms with van der Waals surface area (Å²) in [5.41, 5.74) is 3.93. The molecule has 0 aliphatic rings. The molecule has 0 aliphatic carbocycles. The molecule has 1 aromatic heterocycles. The molecular weight excluding hydrogens is 428 g/mol. The molecule has 30 heavy (non-hydrogen) atoms. The summed E-state index contributed by atoms with van der Waals surface area (Å²) in [5, 5.41) is 12.9. The number of hydrogen-bond acceptors (Lipinski definition) is 9. The molecule has 0 unspecified atom stereocenters. The van der Waals surface area contributed by atoms with Crippen molar-refractivity contribution < 1.29 is 14.3 Å². The van der Waals surface area contributed by atoms with Crippen molar-refractivity contribution in [2.45, 2.75) is 5.16 Å². The minimum atomic E-state index is -0.116. The maximum atomic E-state index is 12.5. The number of nitrogen functional groups attached to an aromatic ring is 1. The molecule has 0 atom stereocenters. The van der Waals surface area contributed by atoms with Crippen LogP contribution in [0.4, 0.5) is 5.95 Å². The van der Waals surface area contributed by atoms with Crippen LogP contribution in [0.1, 0.15) is 15.9 Å². The zero-order chi connectivity index (χ0) is 21.5. The van der Waals surface area contributed by atoms with Gasteiger partial charge in [0.05, 0.1) is 26.2 Å². The first-order chi connectivity index (χ1) is 14.5. The highest BCUT2D eigenvalue weighted by molar-refractivity contribution is 7.99. The fourth-order valence-electron chi connectivity index (χ4n) is 2.41. The van der Waals surface area contributed by atoms with Crippen LogP contribution in [0.25, 0.3) is 0 Å². The van der Waals surface area contributed by atoms with Gasteiger partial charge in [0, 0.05) is 16.1 Å². The number of methoxy groups -OCH3 is 2. The van der Waals surface area contributed by atoms with E-state index in [-0.39, 0.29) is 17.5 Å². The smallest absolute Gasteiger partial charge is 0.264 e. The molecule has 3 aromatic rings. The van der Waals surface area contributed by atoms with Crippen LogP contribution >= 0.6 is 23.4 Å². The Morgan fingerprint density at radius 3 is 2.73 bits per heavy atom. The molecule has 2 aromatic carbocycles. The number of carbonyl (C=O) groups excluding carboxylic acids is 1. The fraction of sp³-hybridized carbons (Fsp3) is 0.158. The molecule has 3 rings (SSSR count). The van der Waals surface area contributed by atoms with Gasteiger partial charge in [-0.2, -0.15) is 5.10 Å². The largest absolute Gasteiger partial charge is 0.493 e. The molecule has 0 bridgehead atoms. The summed E-state index contributed by atoms with van der Waals surface area (Å²) >= 11 is 7.23. The van der Waals surface area contributed by atoms with Crippen LogP contribution in [-0.4, -0.2) is 46.8 Å². The third-order valence-electron chi connectivity index (χ3n) is 3.98. The maximum Gasteiger partial charge on any atom is 0.264 e. The molecule has 3 N–H and O–H groups in total. The fourth-order valence-corrected chi connectivity index (χ4v) is 3.35. The number of Topliss-reactive ketones (excluding diaryl/α,β-unsaturated/α-hetero) is 1. The monoisotopic (exact) mass is 446 g/mol. The summed E-state index contributed by atoms with van der Waals surface area (Å²) in [6.45, 7) is 0. The van der Waals surface area contributed by atoms with E-state index in [9.17, 15) is 4.79 Å². The second-order valence-electron chi connectivity index (χ2n) is 5.85. The van der Waals surface area contributed by atoms with Crippen molar-refractivity contribution in [1.29, 1.82) is 0 Å². The predicted octanol–water partition coefficient (Wildman–Crippen LogP) is 3.08. The molecule has 11 heteroatoms. The third-order valence-corrected chi connectivity index (χ3v) is 5.26. The summed E-state index contributed by atoms with van der Waals surface area (Å²) in [7, 11) is 3.05. The van der Waals surface area contributed by atoms with E-state index in [0.29, 0.717) is 27.2 Å². The summed E-state index contributed by atoms with van der Waals surface area (Å²) in [4.78, 5) is 12.5.